The minimum Gasteiger partial charge on any atom is -0.481 e. The first kappa shape index (κ1) is 12.8. The van der Waals surface area contributed by atoms with Gasteiger partial charge in [0.05, 0.1) is 13.7 Å². The molecule has 0 aliphatic heterocycles. The highest BCUT2D eigenvalue weighted by molar-refractivity contribution is 5.90. The fourth-order valence-electron chi connectivity index (χ4n) is 1.44. The predicted molar refractivity (Wildman–Crippen MR) is 67.8 cm³/mol. The summed E-state index contributed by atoms with van der Waals surface area (Å²) < 4.78 is 6.61. The maximum absolute atomic E-state index is 10.9. The highest BCUT2D eigenvalue weighted by atomic mass is 16.5. The van der Waals surface area contributed by atoms with Crippen molar-refractivity contribution in [2.45, 2.75) is 6.54 Å². The van der Waals surface area contributed by atoms with Crippen molar-refractivity contribution < 1.29 is 9.53 Å². The molecule has 2 aromatic rings. The van der Waals surface area contributed by atoms with Crippen LogP contribution >= 0.6 is 0 Å². The Morgan fingerprint density at radius 2 is 2.37 bits per heavy atom. The van der Waals surface area contributed by atoms with Gasteiger partial charge in [-0.1, -0.05) is 0 Å². The molecule has 1 amide bonds. The second-order valence-corrected chi connectivity index (χ2v) is 3.68. The Hall–Kier alpha value is -2.64. The number of amides is 1. The molecule has 0 saturated carbocycles. The number of nitrogens with two attached hydrogens (primary N) is 1. The van der Waals surface area contributed by atoms with Crippen LogP contribution in [0.2, 0.25) is 0 Å². The lowest BCUT2D eigenvalue weighted by molar-refractivity contribution is 0.0994. The van der Waals surface area contributed by atoms with Crippen molar-refractivity contribution in [2.75, 3.05) is 19.0 Å². The van der Waals surface area contributed by atoms with Crippen LogP contribution in [-0.4, -0.2) is 39.3 Å². The monoisotopic (exact) mass is 262 g/mol. The minimum atomic E-state index is -0.539. The van der Waals surface area contributed by atoms with Crippen molar-refractivity contribution >= 4 is 11.9 Å². The van der Waals surface area contributed by atoms with Crippen LogP contribution in [0, 0.1) is 0 Å². The third-order valence-electron chi connectivity index (χ3n) is 2.36. The Morgan fingerprint density at radius 3 is 3.05 bits per heavy atom. The van der Waals surface area contributed by atoms with E-state index in [1.54, 1.807) is 36.3 Å². The molecule has 0 atom stereocenters. The van der Waals surface area contributed by atoms with Crippen molar-refractivity contribution in [3.05, 3.63) is 30.2 Å². The van der Waals surface area contributed by atoms with Crippen LogP contribution in [0.25, 0.3) is 0 Å². The Labute approximate surface area is 109 Å². The van der Waals surface area contributed by atoms with Crippen molar-refractivity contribution in [3.8, 4) is 5.88 Å². The quantitative estimate of drug-likeness (QED) is 0.752. The molecule has 0 aliphatic rings. The molecule has 0 bridgehead atoms. The molecule has 0 radical (unpaired) electrons. The average Bonchev–Trinajstić information content (AvgIpc) is 2.88. The minimum absolute atomic E-state index is 0.248. The van der Waals surface area contributed by atoms with Gasteiger partial charge in [-0.05, 0) is 6.07 Å². The molecule has 0 fully saturated rings. The van der Waals surface area contributed by atoms with Gasteiger partial charge in [-0.25, -0.2) is 4.98 Å². The number of rotatable bonds is 6. The van der Waals surface area contributed by atoms with Crippen molar-refractivity contribution in [1.29, 1.82) is 0 Å². The number of ether oxygens (including phenoxy) is 1. The molecular weight excluding hydrogens is 248 g/mol. The lowest BCUT2D eigenvalue weighted by atomic mass is 10.4. The van der Waals surface area contributed by atoms with Crippen LogP contribution in [-0.2, 0) is 6.54 Å². The number of aromatic nitrogens is 4. The van der Waals surface area contributed by atoms with Crippen LogP contribution in [0.4, 0.5) is 5.95 Å². The molecule has 100 valence electrons. The van der Waals surface area contributed by atoms with E-state index in [9.17, 15) is 4.79 Å². The summed E-state index contributed by atoms with van der Waals surface area (Å²) in [6, 6.07) is 3.24. The highest BCUT2D eigenvalue weighted by Gasteiger charge is 2.04. The summed E-state index contributed by atoms with van der Waals surface area (Å²) in [4.78, 5) is 19.0. The fraction of sp³-hybridized carbons (Fsp3) is 0.273. The molecule has 0 unspecified atom stereocenters. The lowest BCUT2D eigenvalue weighted by Gasteiger charge is -2.05. The second kappa shape index (κ2) is 5.80. The second-order valence-electron chi connectivity index (χ2n) is 3.68. The summed E-state index contributed by atoms with van der Waals surface area (Å²) in [5.41, 5.74) is 5.36. The summed E-state index contributed by atoms with van der Waals surface area (Å²) in [5.74, 6) is 0.428. The Kier molecular flexibility index (Phi) is 3.91. The van der Waals surface area contributed by atoms with Crippen LogP contribution in [0.15, 0.2) is 24.5 Å². The SMILES string of the molecule is COc1ccnc(NCCn2ccc(C(N)=O)n2)n1. The van der Waals surface area contributed by atoms with Gasteiger partial charge in [-0.3, -0.25) is 9.48 Å². The molecular formula is C11H14N6O2. The smallest absolute Gasteiger partial charge is 0.269 e. The van der Waals surface area contributed by atoms with E-state index < -0.39 is 5.91 Å². The topological polar surface area (TPSA) is 108 Å². The Balaban J connectivity index is 1.86. The molecule has 19 heavy (non-hydrogen) atoms. The molecule has 0 spiro atoms. The Morgan fingerprint density at radius 1 is 1.53 bits per heavy atom. The molecule has 3 N–H and O–H groups in total. The van der Waals surface area contributed by atoms with Gasteiger partial charge >= 0.3 is 0 Å². The number of nitrogens with one attached hydrogen (secondary N) is 1. The van der Waals surface area contributed by atoms with Gasteiger partial charge in [0.2, 0.25) is 11.8 Å². The van der Waals surface area contributed by atoms with Crippen LogP contribution in [0.1, 0.15) is 10.5 Å². The number of primary amides is 1. The number of methoxy groups -OCH3 is 1. The number of hydrogen-bond acceptors (Lipinski definition) is 6. The standard InChI is InChI=1S/C11H14N6O2/c1-19-9-2-4-13-11(15-9)14-5-7-17-6-3-8(16-17)10(12)18/h2-4,6H,5,7H2,1H3,(H2,12,18)(H,13,14,15). The molecule has 2 rings (SSSR count). The first-order valence-electron chi connectivity index (χ1n) is 5.63. The largest absolute Gasteiger partial charge is 0.481 e. The number of carbonyl (C=O) groups excluding carboxylic acids is 1. The zero-order valence-electron chi connectivity index (χ0n) is 10.4. The summed E-state index contributed by atoms with van der Waals surface area (Å²) in [6.45, 7) is 1.13. The van der Waals surface area contributed by atoms with Gasteiger partial charge in [0, 0.05) is 25.0 Å². The van der Waals surface area contributed by atoms with Gasteiger partial charge in [-0.2, -0.15) is 10.1 Å². The maximum Gasteiger partial charge on any atom is 0.269 e. The van der Waals surface area contributed by atoms with E-state index in [1.165, 1.54) is 0 Å². The van der Waals surface area contributed by atoms with Gasteiger partial charge in [0.15, 0.2) is 0 Å². The first-order chi connectivity index (χ1) is 9.19. The third-order valence-corrected chi connectivity index (χ3v) is 2.36. The summed E-state index contributed by atoms with van der Waals surface area (Å²) in [5, 5.41) is 7.04. The van der Waals surface area contributed by atoms with E-state index in [0.29, 0.717) is 24.9 Å². The molecule has 8 heteroatoms. The molecule has 2 heterocycles. The van der Waals surface area contributed by atoms with Crippen molar-refractivity contribution in [3.63, 3.8) is 0 Å². The molecule has 0 aliphatic carbocycles. The number of nitrogens with zero attached hydrogens (tertiary/aromatic N) is 4. The number of carbonyl (C=O) groups is 1. The molecule has 0 aromatic carbocycles. The van der Waals surface area contributed by atoms with Crippen molar-refractivity contribution in [1.82, 2.24) is 19.7 Å². The predicted octanol–water partition coefficient (Wildman–Crippen LogP) is -0.107. The summed E-state index contributed by atoms with van der Waals surface area (Å²) >= 11 is 0. The van der Waals surface area contributed by atoms with Gasteiger partial charge < -0.3 is 15.8 Å². The molecule has 0 saturated heterocycles. The van der Waals surface area contributed by atoms with Crippen LogP contribution < -0.4 is 15.8 Å². The van der Waals surface area contributed by atoms with E-state index in [0.717, 1.165) is 0 Å². The molecule has 8 nitrogen and oxygen atoms in total. The van der Waals surface area contributed by atoms with Gasteiger partial charge in [-0.15, -0.1) is 0 Å². The summed E-state index contributed by atoms with van der Waals surface area (Å²) in [7, 11) is 1.54. The number of hydrogen-bond donors (Lipinski definition) is 2. The summed E-state index contributed by atoms with van der Waals surface area (Å²) in [6.07, 6.45) is 3.29. The zero-order valence-corrected chi connectivity index (χ0v) is 10.4. The Bertz CT molecular complexity index is 568. The third kappa shape index (κ3) is 3.41. The maximum atomic E-state index is 10.9. The van der Waals surface area contributed by atoms with E-state index >= 15 is 0 Å². The van der Waals surface area contributed by atoms with E-state index in [4.69, 9.17) is 10.5 Å². The molecule has 2 aromatic heterocycles. The number of anilines is 1. The fourth-order valence-corrected chi connectivity index (χ4v) is 1.44. The van der Waals surface area contributed by atoms with Gasteiger partial charge in [0.25, 0.3) is 5.91 Å². The normalized spacial score (nSPS) is 10.2. The highest BCUT2D eigenvalue weighted by Crippen LogP contribution is 2.06. The van der Waals surface area contributed by atoms with Gasteiger partial charge in [0.1, 0.15) is 5.69 Å². The zero-order chi connectivity index (χ0) is 13.7. The lowest BCUT2D eigenvalue weighted by Crippen LogP contribution is -2.15. The van der Waals surface area contributed by atoms with Crippen LogP contribution in [0.5, 0.6) is 5.88 Å². The first-order valence-corrected chi connectivity index (χ1v) is 5.63. The van der Waals surface area contributed by atoms with Crippen LogP contribution in [0.3, 0.4) is 0 Å². The van der Waals surface area contributed by atoms with E-state index in [2.05, 4.69) is 20.4 Å². The van der Waals surface area contributed by atoms with E-state index in [1.807, 2.05) is 0 Å². The average molecular weight is 262 g/mol. The van der Waals surface area contributed by atoms with Crippen molar-refractivity contribution in [2.24, 2.45) is 5.73 Å². The van der Waals surface area contributed by atoms with E-state index in [-0.39, 0.29) is 5.69 Å².